The summed E-state index contributed by atoms with van der Waals surface area (Å²) in [5.41, 5.74) is 1.42. The van der Waals surface area contributed by atoms with Crippen LogP contribution >= 0.6 is 0 Å². The van der Waals surface area contributed by atoms with E-state index < -0.39 is 9.84 Å². The number of amides is 1. The highest BCUT2D eigenvalue weighted by molar-refractivity contribution is 7.91. The number of carbonyl (C=O) groups excluding carboxylic acids is 1. The van der Waals surface area contributed by atoms with Gasteiger partial charge in [0.05, 0.1) is 23.3 Å². The molecule has 0 saturated carbocycles. The molecule has 0 spiro atoms. The average molecular weight is 299 g/mol. The van der Waals surface area contributed by atoms with Crippen molar-refractivity contribution in [2.75, 3.05) is 18.1 Å². The number of sulfone groups is 1. The largest absolute Gasteiger partial charge is 0.352 e. The maximum Gasteiger partial charge on any atom is 0.254 e. The highest BCUT2D eigenvalue weighted by Crippen LogP contribution is 2.17. The van der Waals surface area contributed by atoms with E-state index in [0.29, 0.717) is 18.5 Å². The molecule has 1 unspecified atom stereocenters. The number of rotatable bonds is 5. The molecule has 0 bridgehead atoms. The molecule has 1 atom stereocenters. The van der Waals surface area contributed by atoms with Crippen molar-refractivity contribution in [3.8, 4) is 0 Å². The van der Waals surface area contributed by atoms with Gasteiger partial charge in [-0.3, -0.25) is 9.48 Å². The van der Waals surface area contributed by atoms with Crippen LogP contribution in [0, 0.1) is 12.8 Å². The quantitative estimate of drug-likeness (QED) is 0.870. The van der Waals surface area contributed by atoms with Crippen LogP contribution in [0.1, 0.15) is 35.8 Å². The van der Waals surface area contributed by atoms with Crippen molar-refractivity contribution in [3.63, 3.8) is 0 Å². The number of carbonyl (C=O) groups is 1. The summed E-state index contributed by atoms with van der Waals surface area (Å²) in [6, 6.07) is 0. The molecule has 1 fully saturated rings. The van der Waals surface area contributed by atoms with E-state index in [9.17, 15) is 13.2 Å². The van der Waals surface area contributed by atoms with Gasteiger partial charge in [0, 0.05) is 18.8 Å². The standard InChI is InChI=1S/C13H21N3O3S/c1-3-5-16-10(2)12(8-15-16)13(17)14-7-11-4-6-20(18,19)9-11/h8,11H,3-7,9H2,1-2H3,(H,14,17). The number of nitrogens with one attached hydrogen (secondary N) is 1. The van der Waals surface area contributed by atoms with E-state index in [1.165, 1.54) is 0 Å². The zero-order valence-electron chi connectivity index (χ0n) is 11.9. The lowest BCUT2D eigenvalue weighted by atomic mass is 10.1. The van der Waals surface area contributed by atoms with E-state index in [1.807, 2.05) is 11.6 Å². The summed E-state index contributed by atoms with van der Waals surface area (Å²) >= 11 is 0. The summed E-state index contributed by atoms with van der Waals surface area (Å²) < 4.78 is 24.5. The van der Waals surface area contributed by atoms with Crippen molar-refractivity contribution in [2.24, 2.45) is 5.92 Å². The Bertz CT molecular complexity index is 592. The van der Waals surface area contributed by atoms with Gasteiger partial charge in [0.1, 0.15) is 0 Å². The fourth-order valence-electron chi connectivity index (χ4n) is 2.47. The lowest BCUT2D eigenvalue weighted by molar-refractivity contribution is 0.0947. The first-order valence-corrected chi connectivity index (χ1v) is 8.76. The highest BCUT2D eigenvalue weighted by atomic mass is 32.2. The lowest BCUT2D eigenvalue weighted by Gasteiger charge is -2.09. The zero-order chi connectivity index (χ0) is 14.8. The van der Waals surface area contributed by atoms with Crippen LogP contribution < -0.4 is 5.32 Å². The topological polar surface area (TPSA) is 81.1 Å². The average Bonchev–Trinajstić information content (AvgIpc) is 2.91. The van der Waals surface area contributed by atoms with Gasteiger partial charge in [-0.05, 0) is 25.7 Å². The zero-order valence-corrected chi connectivity index (χ0v) is 12.7. The summed E-state index contributed by atoms with van der Waals surface area (Å²) in [5.74, 6) is 0.284. The molecule has 112 valence electrons. The predicted molar refractivity (Wildman–Crippen MR) is 76.3 cm³/mol. The van der Waals surface area contributed by atoms with Crippen molar-refractivity contribution < 1.29 is 13.2 Å². The maximum absolute atomic E-state index is 12.1. The monoisotopic (exact) mass is 299 g/mol. The summed E-state index contributed by atoms with van der Waals surface area (Å²) in [7, 11) is -2.89. The van der Waals surface area contributed by atoms with Crippen LogP contribution in [0.4, 0.5) is 0 Å². The third kappa shape index (κ3) is 3.39. The molecule has 1 aliphatic heterocycles. The maximum atomic E-state index is 12.1. The summed E-state index contributed by atoms with van der Waals surface area (Å²) in [5, 5.41) is 7.01. The van der Waals surface area contributed by atoms with E-state index in [-0.39, 0.29) is 23.3 Å². The molecule has 0 aromatic carbocycles. The van der Waals surface area contributed by atoms with E-state index in [1.54, 1.807) is 6.20 Å². The molecule has 0 radical (unpaired) electrons. The van der Waals surface area contributed by atoms with Crippen LogP contribution in [0.5, 0.6) is 0 Å². The van der Waals surface area contributed by atoms with Crippen LogP contribution in [0.25, 0.3) is 0 Å². The minimum absolute atomic E-state index is 0.0370. The summed E-state index contributed by atoms with van der Waals surface area (Å²) in [6.07, 6.45) is 3.17. The van der Waals surface area contributed by atoms with Crippen molar-refractivity contribution in [1.29, 1.82) is 0 Å². The van der Waals surface area contributed by atoms with Crippen LogP contribution in [-0.2, 0) is 16.4 Å². The van der Waals surface area contributed by atoms with Gasteiger partial charge in [-0.2, -0.15) is 5.10 Å². The van der Waals surface area contributed by atoms with Crippen LogP contribution in [0.15, 0.2) is 6.20 Å². The molecule has 1 saturated heterocycles. The second-order valence-electron chi connectivity index (χ2n) is 5.35. The van der Waals surface area contributed by atoms with Gasteiger partial charge < -0.3 is 5.32 Å². The van der Waals surface area contributed by atoms with Gasteiger partial charge in [0.25, 0.3) is 5.91 Å². The number of aryl methyl sites for hydroxylation is 1. The molecule has 2 heterocycles. The minimum Gasteiger partial charge on any atom is -0.352 e. The van der Waals surface area contributed by atoms with Crippen molar-refractivity contribution in [1.82, 2.24) is 15.1 Å². The Balaban J connectivity index is 1.92. The smallest absolute Gasteiger partial charge is 0.254 e. The first kappa shape index (κ1) is 15.0. The third-order valence-corrected chi connectivity index (χ3v) is 5.50. The summed E-state index contributed by atoms with van der Waals surface area (Å²) in [4.78, 5) is 12.1. The first-order chi connectivity index (χ1) is 9.43. The molecule has 1 amide bonds. The Labute approximate surface area is 119 Å². The van der Waals surface area contributed by atoms with Crippen molar-refractivity contribution in [2.45, 2.75) is 33.2 Å². The first-order valence-electron chi connectivity index (χ1n) is 6.94. The Morgan fingerprint density at radius 3 is 2.90 bits per heavy atom. The Hall–Kier alpha value is -1.37. The molecular formula is C13H21N3O3S. The SMILES string of the molecule is CCCn1ncc(C(=O)NCC2CCS(=O)(=O)C2)c1C. The number of nitrogens with zero attached hydrogens (tertiary/aromatic N) is 2. The molecule has 1 aromatic heterocycles. The number of hydrogen-bond donors (Lipinski definition) is 1. The van der Waals surface area contributed by atoms with Gasteiger partial charge in [-0.25, -0.2) is 8.42 Å². The van der Waals surface area contributed by atoms with Crippen molar-refractivity contribution in [3.05, 3.63) is 17.5 Å². The van der Waals surface area contributed by atoms with Gasteiger partial charge in [-0.15, -0.1) is 0 Å². The molecule has 6 nitrogen and oxygen atoms in total. The van der Waals surface area contributed by atoms with Gasteiger partial charge in [0.15, 0.2) is 9.84 Å². The molecule has 0 aliphatic carbocycles. The fraction of sp³-hybridized carbons (Fsp3) is 0.692. The number of aromatic nitrogens is 2. The van der Waals surface area contributed by atoms with E-state index in [4.69, 9.17) is 0 Å². The Morgan fingerprint density at radius 2 is 2.30 bits per heavy atom. The van der Waals surface area contributed by atoms with Crippen LogP contribution in [-0.4, -0.2) is 42.2 Å². The molecular weight excluding hydrogens is 278 g/mol. The van der Waals surface area contributed by atoms with E-state index >= 15 is 0 Å². The molecule has 1 aromatic rings. The predicted octanol–water partition coefficient (Wildman–Crippen LogP) is 0.766. The molecule has 20 heavy (non-hydrogen) atoms. The van der Waals surface area contributed by atoms with Crippen molar-refractivity contribution >= 4 is 15.7 Å². The molecule has 1 N–H and O–H groups in total. The molecule has 7 heteroatoms. The Kier molecular flexibility index (Phi) is 4.47. The van der Waals surface area contributed by atoms with Crippen LogP contribution in [0.2, 0.25) is 0 Å². The third-order valence-electron chi connectivity index (χ3n) is 3.66. The van der Waals surface area contributed by atoms with E-state index in [0.717, 1.165) is 18.7 Å². The fourth-order valence-corrected chi connectivity index (χ4v) is 4.33. The minimum atomic E-state index is -2.89. The van der Waals surface area contributed by atoms with Crippen LogP contribution in [0.3, 0.4) is 0 Å². The highest BCUT2D eigenvalue weighted by Gasteiger charge is 2.28. The summed E-state index contributed by atoms with van der Waals surface area (Å²) in [6.45, 7) is 5.13. The number of hydrogen-bond acceptors (Lipinski definition) is 4. The van der Waals surface area contributed by atoms with Gasteiger partial charge in [-0.1, -0.05) is 6.92 Å². The normalized spacial score (nSPS) is 21.0. The van der Waals surface area contributed by atoms with Gasteiger partial charge in [0.2, 0.25) is 0 Å². The second kappa shape index (κ2) is 5.95. The molecule has 1 aliphatic rings. The molecule has 2 rings (SSSR count). The Morgan fingerprint density at radius 1 is 1.55 bits per heavy atom. The second-order valence-corrected chi connectivity index (χ2v) is 7.57. The van der Waals surface area contributed by atoms with E-state index in [2.05, 4.69) is 17.3 Å². The lowest BCUT2D eigenvalue weighted by Crippen LogP contribution is -2.30. The van der Waals surface area contributed by atoms with Gasteiger partial charge >= 0.3 is 0 Å².